The first-order valence-corrected chi connectivity index (χ1v) is 5.62. The lowest BCUT2D eigenvalue weighted by Crippen LogP contribution is -1.88. The van der Waals surface area contributed by atoms with E-state index in [1.165, 1.54) is 0 Å². The van der Waals surface area contributed by atoms with Crippen molar-refractivity contribution in [2.24, 2.45) is 7.05 Å². The van der Waals surface area contributed by atoms with Gasteiger partial charge in [-0.2, -0.15) is 5.10 Å². The molecule has 1 aromatic heterocycles. The summed E-state index contributed by atoms with van der Waals surface area (Å²) >= 11 is 6.88. The van der Waals surface area contributed by atoms with E-state index >= 15 is 0 Å². The Hall–Kier alpha value is -0.610. The van der Waals surface area contributed by atoms with Crippen LogP contribution in [0.3, 0.4) is 0 Å². The molecular weight excluding hydrogens is 308 g/mol. The third kappa shape index (κ3) is 2.07. The molecule has 0 unspecified atom stereocenters. The molecule has 2 nitrogen and oxygen atoms in total. The zero-order chi connectivity index (χ0) is 10.1. The molecule has 1 heterocycles. The summed E-state index contributed by atoms with van der Waals surface area (Å²) in [6, 6.07) is 7.92. The monoisotopic (exact) mass is 313 g/mol. The van der Waals surface area contributed by atoms with Crippen LogP contribution in [0.5, 0.6) is 0 Å². The maximum absolute atomic E-state index is 4.28. The number of aromatic nitrogens is 2. The summed E-state index contributed by atoms with van der Waals surface area (Å²) in [6.07, 6.45) is 2.98. The van der Waals surface area contributed by atoms with Crippen molar-refractivity contribution in [1.29, 1.82) is 0 Å². The van der Waals surface area contributed by atoms with Crippen LogP contribution < -0.4 is 0 Å². The van der Waals surface area contributed by atoms with E-state index in [0.29, 0.717) is 0 Å². The third-order valence-electron chi connectivity index (χ3n) is 1.80. The Labute approximate surface area is 99.2 Å². The molecule has 0 saturated carbocycles. The molecule has 2 rings (SSSR count). The molecule has 0 bridgehead atoms. The molecule has 0 atom stereocenters. The first kappa shape index (κ1) is 9.93. The van der Waals surface area contributed by atoms with Crippen molar-refractivity contribution >= 4 is 31.9 Å². The molecular formula is C10H7Br2N2. The summed E-state index contributed by atoms with van der Waals surface area (Å²) in [4.78, 5) is 0. The normalized spacial score (nSPS) is 10.5. The van der Waals surface area contributed by atoms with E-state index in [1.54, 1.807) is 4.68 Å². The number of rotatable bonds is 1. The van der Waals surface area contributed by atoms with Gasteiger partial charge in [0.05, 0.1) is 11.9 Å². The molecule has 0 saturated heterocycles. The Bertz CT molecular complexity index is 443. The van der Waals surface area contributed by atoms with Crippen molar-refractivity contribution in [1.82, 2.24) is 9.78 Å². The van der Waals surface area contributed by atoms with Crippen LogP contribution in [0.1, 0.15) is 0 Å². The topological polar surface area (TPSA) is 17.8 Å². The number of hydrogen-bond acceptors (Lipinski definition) is 1. The number of benzene rings is 1. The van der Waals surface area contributed by atoms with Gasteiger partial charge in [0.15, 0.2) is 0 Å². The second-order valence-electron chi connectivity index (χ2n) is 2.94. The van der Waals surface area contributed by atoms with Gasteiger partial charge in [-0.15, -0.1) is 0 Å². The van der Waals surface area contributed by atoms with Crippen LogP contribution in [-0.2, 0) is 7.05 Å². The molecule has 1 radical (unpaired) electrons. The molecule has 0 aliphatic carbocycles. The minimum Gasteiger partial charge on any atom is -0.266 e. The molecule has 0 spiro atoms. The molecule has 0 aliphatic rings. The van der Waals surface area contributed by atoms with Gasteiger partial charge in [-0.25, -0.2) is 0 Å². The largest absolute Gasteiger partial charge is 0.266 e. The van der Waals surface area contributed by atoms with E-state index in [2.05, 4.69) is 43.2 Å². The highest BCUT2D eigenvalue weighted by atomic mass is 79.9. The molecule has 1 aromatic carbocycles. The minimum absolute atomic E-state index is 0.925. The zero-order valence-electron chi connectivity index (χ0n) is 7.46. The average molecular weight is 315 g/mol. The first-order chi connectivity index (χ1) is 6.65. The second kappa shape index (κ2) is 3.87. The molecule has 4 heteroatoms. The van der Waals surface area contributed by atoms with E-state index in [1.807, 2.05) is 31.3 Å². The smallest absolute Gasteiger partial charge is 0.0931 e. The van der Waals surface area contributed by atoms with Gasteiger partial charge in [0.2, 0.25) is 0 Å². The van der Waals surface area contributed by atoms with E-state index in [9.17, 15) is 0 Å². The lowest BCUT2D eigenvalue weighted by atomic mass is 10.2. The minimum atomic E-state index is 0.925. The lowest BCUT2D eigenvalue weighted by Gasteiger charge is -1.99. The average Bonchev–Trinajstić information content (AvgIpc) is 2.50. The predicted octanol–water partition coefficient (Wildman–Crippen LogP) is 3.41. The Balaban J connectivity index is 2.51. The summed E-state index contributed by atoms with van der Waals surface area (Å²) < 4.78 is 3.74. The van der Waals surface area contributed by atoms with E-state index in [-0.39, 0.29) is 0 Å². The van der Waals surface area contributed by atoms with E-state index < -0.39 is 0 Å². The fraction of sp³-hybridized carbons (Fsp3) is 0.100. The molecule has 0 amide bonds. The number of hydrogen-bond donors (Lipinski definition) is 0. The molecule has 0 N–H and O–H groups in total. The van der Waals surface area contributed by atoms with Crippen molar-refractivity contribution in [2.75, 3.05) is 0 Å². The van der Waals surface area contributed by atoms with Gasteiger partial charge < -0.3 is 0 Å². The van der Waals surface area contributed by atoms with E-state index in [0.717, 1.165) is 20.2 Å². The number of nitrogens with zero attached hydrogens (tertiary/aromatic N) is 2. The Morgan fingerprint density at radius 3 is 2.36 bits per heavy atom. The highest BCUT2D eigenvalue weighted by molar-refractivity contribution is 9.11. The Morgan fingerprint density at radius 2 is 1.86 bits per heavy atom. The standard InChI is InChI=1S/C10H7Br2N2/c1-14-3-2-10(13-14)7-4-8(11)6-9(12)5-7/h2,4-6H,1H3. The van der Waals surface area contributed by atoms with E-state index in [4.69, 9.17) is 0 Å². The molecule has 0 aliphatic heterocycles. The third-order valence-corrected chi connectivity index (χ3v) is 2.72. The maximum atomic E-state index is 4.28. The van der Waals surface area contributed by atoms with Crippen LogP contribution in [0.4, 0.5) is 0 Å². The van der Waals surface area contributed by atoms with Crippen LogP contribution in [0.2, 0.25) is 0 Å². The Morgan fingerprint density at radius 1 is 1.21 bits per heavy atom. The van der Waals surface area contributed by atoms with Crippen LogP contribution in [0.25, 0.3) is 11.3 Å². The van der Waals surface area contributed by atoms with Crippen molar-refractivity contribution in [3.05, 3.63) is 39.4 Å². The van der Waals surface area contributed by atoms with Gasteiger partial charge in [-0.1, -0.05) is 31.9 Å². The van der Waals surface area contributed by atoms with Crippen molar-refractivity contribution in [2.45, 2.75) is 0 Å². The van der Waals surface area contributed by atoms with Gasteiger partial charge >= 0.3 is 0 Å². The molecule has 2 aromatic rings. The Kier molecular flexibility index (Phi) is 2.74. The van der Waals surface area contributed by atoms with Gasteiger partial charge in [0.1, 0.15) is 0 Å². The quantitative estimate of drug-likeness (QED) is 0.788. The zero-order valence-corrected chi connectivity index (χ0v) is 10.6. The SMILES string of the molecule is Cn1[c]cc(-c2cc(Br)cc(Br)c2)n1. The van der Waals surface area contributed by atoms with Crippen LogP contribution in [-0.4, -0.2) is 9.78 Å². The fourth-order valence-corrected chi connectivity index (χ4v) is 2.51. The van der Waals surface area contributed by atoms with Crippen molar-refractivity contribution in [3.63, 3.8) is 0 Å². The summed E-state index contributed by atoms with van der Waals surface area (Å²) in [5, 5.41) is 4.28. The second-order valence-corrected chi connectivity index (χ2v) is 4.77. The van der Waals surface area contributed by atoms with Gasteiger partial charge in [-0.05, 0) is 24.3 Å². The molecule has 14 heavy (non-hydrogen) atoms. The van der Waals surface area contributed by atoms with Crippen molar-refractivity contribution in [3.8, 4) is 11.3 Å². The van der Waals surface area contributed by atoms with Crippen LogP contribution >= 0.6 is 31.9 Å². The van der Waals surface area contributed by atoms with Gasteiger partial charge in [-0.3, -0.25) is 4.68 Å². The van der Waals surface area contributed by atoms with Crippen LogP contribution in [0, 0.1) is 6.20 Å². The number of aryl methyl sites for hydroxylation is 1. The first-order valence-electron chi connectivity index (χ1n) is 4.03. The number of halogens is 2. The maximum Gasteiger partial charge on any atom is 0.0931 e. The molecule has 71 valence electrons. The highest BCUT2D eigenvalue weighted by Crippen LogP contribution is 2.26. The van der Waals surface area contributed by atoms with Gasteiger partial charge in [0, 0.05) is 21.6 Å². The predicted molar refractivity (Wildman–Crippen MR) is 62.9 cm³/mol. The van der Waals surface area contributed by atoms with Gasteiger partial charge in [0.25, 0.3) is 0 Å². The van der Waals surface area contributed by atoms with Crippen molar-refractivity contribution < 1.29 is 0 Å². The summed E-state index contributed by atoms with van der Waals surface area (Å²) in [7, 11) is 1.86. The van der Waals surface area contributed by atoms with Crippen LogP contribution in [0.15, 0.2) is 33.2 Å². The summed E-state index contributed by atoms with van der Waals surface area (Å²) in [5.74, 6) is 0. The molecule has 0 fully saturated rings. The fourth-order valence-electron chi connectivity index (χ4n) is 1.22. The summed E-state index contributed by atoms with van der Waals surface area (Å²) in [5.41, 5.74) is 2.00. The summed E-state index contributed by atoms with van der Waals surface area (Å²) in [6.45, 7) is 0. The lowest BCUT2D eigenvalue weighted by molar-refractivity contribution is 0.765. The highest BCUT2D eigenvalue weighted by Gasteiger charge is 2.03.